The summed E-state index contributed by atoms with van der Waals surface area (Å²) in [4.78, 5) is 14.7. The number of likely N-dealkylation sites (tertiary alicyclic amines) is 1. The lowest BCUT2D eigenvalue weighted by Crippen LogP contribution is -2.41. The zero-order valence-electron chi connectivity index (χ0n) is 15.9. The Morgan fingerprint density at radius 3 is 2.61 bits per heavy atom. The van der Waals surface area contributed by atoms with Crippen LogP contribution in [-0.4, -0.2) is 50.2 Å². The number of carbonyl (C=O) groups is 1. The lowest BCUT2D eigenvalue weighted by atomic mass is 10.1. The number of aryl methyl sites for hydroxylation is 1. The molecule has 2 aromatic carbocycles. The number of hydrogen-bond acceptors (Lipinski definition) is 5. The van der Waals surface area contributed by atoms with Crippen molar-refractivity contribution in [3.8, 4) is 5.75 Å². The minimum absolute atomic E-state index is 0.0722. The molecule has 7 heteroatoms. The Morgan fingerprint density at radius 2 is 1.93 bits per heavy atom. The van der Waals surface area contributed by atoms with E-state index in [1.165, 1.54) is 5.56 Å². The third kappa shape index (κ3) is 4.36. The maximum absolute atomic E-state index is 12.8. The largest absolute Gasteiger partial charge is 0.490 e. The first kappa shape index (κ1) is 18.2. The van der Waals surface area contributed by atoms with E-state index in [0.29, 0.717) is 25.2 Å². The normalized spacial score (nSPS) is 14.8. The molecule has 3 aromatic rings. The third-order valence-electron chi connectivity index (χ3n) is 4.96. The van der Waals surface area contributed by atoms with Crippen LogP contribution in [0.5, 0.6) is 5.75 Å². The zero-order valence-corrected chi connectivity index (χ0v) is 15.9. The molecule has 1 amide bonds. The van der Waals surface area contributed by atoms with Crippen LogP contribution in [0.25, 0.3) is 0 Å². The molecule has 7 nitrogen and oxygen atoms in total. The molecule has 0 N–H and O–H groups in total. The highest BCUT2D eigenvalue weighted by atomic mass is 16.5. The van der Waals surface area contributed by atoms with E-state index in [-0.39, 0.29) is 12.0 Å². The summed E-state index contributed by atoms with van der Waals surface area (Å²) >= 11 is 0. The fraction of sp³-hybridized carbons (Fsp3) is 0.333. The van der Waals surface area contributed by atoms with Crippen molar-refractivity contribution in [2.24, 2.45) is 0 Å². The minimum Gasteiger partial charge on any atom is -0.490 e. The quantitative estimate of drug-likeness (QED) is 0.684. The third-order valence-corrected chi connectivity index (χ3v) is 4.96. The molecule has 0 radical (unpaired) electrons. The van der Waals surface area contributed by atoms with E-state index >= 15 is 0 Å². The average Bonchev–Trinajstić information content (AvgIpc) is 3.22. The van der Waals surface area contributed by atoms with Crippen LogP contribution in [0, 0.1) is 6.92 Å². The molecule has 144 valence electrons. The van der Waals surface area contributed by atoms with Crippen molar-refractivity contribution in [2.45, 2.75) is 32.4 Å². The summed E-state index contributed by atoms with van der Waals surface area (Å²) in [7, 11) is 0. The molecule has 0 bridgehead atoms. The van der Waals surface area contributed by atoms with Gasteiger partial charge in [-0.05, 0) is 52.7 Å². The Bertz CT molecular complexity index is 916. The van der Waals surface area contributed by atoms with E-state index in [1.807, 2.05) is 41.3 Å². The lowest BCUT2D eigenvalue weighted by Gasteiger charge is -2.32. The summed E-state index contributed by atoms with van der Waals surface area (Å²) < 4.78 is 7.73. The number of aromatic nitrogens is 4. The number of nitrogens with zero attached hydrogens (tertiary/aromatic N) is 5. The highest BCUT2D eigenvalue weighted by molar-refractivity contribution is 5.94. The first-order valence-electron chi connectivity index (χ1n) is 9.50. The molecule has 1 aliphatic rings. The van der Waals surface area contributed by atoms with Crippen LogP contribution in [0.15, 0.2) is 54.9 Å². The number of rotatable bonds is 5. The fourth-order valence-corrected chi connectivity index (χ4v) is 3.43. The standard InChI is InChI=1S/C21H23N5O2/c1-16-3-2-4-20(13-16)28-19-9-11-25(12-10-19)21(27)18-7-5-17(6-8-18)14-26-15-22-23-24-26/h2-8,13,15,19H,9-12,14H2,1H3. The van der Waals surface area contributed by atoms with Gasteiger partial charge in [0.25, 0.3) is 5.91 Å². The predicted octanol–water partition coefficient (Wildman–Crippen LogP) is 2.71. The van der Waals surface area contributed by atoms with Crippen LogP contribution in [0.1, 0.15) is 34.3 Å². The SMILES string of the molecule is Cc1cccc(OC2CCN(C(=O)c3ccc(Cn4cnnn4)cc3)CC2)c1. The summed E-state index contributed by atoms with van der Waals surface area (Å²) in [5.74, 6) is 0.978. The van der Waals surface area contributed by atoms with E-state index < -0.39 is 0 Å². The Morgan fingerprint density at radius 1 is 1.14 bits per heavy atom. The molecular weight excluding hydrogens is 354 g/mol. The second-order valence-corrected chi connectivity index (χ2v) is 7.13. The van der Waals surface area contributed by atoms with Crippen molar-refractivity contribution in [2.75, 3.05) is 13.1 Å². The molecule has 1 aromatic heterocycles. The molecule has 28 heavy (non-hydrogen) atoms. The van der Waals surface area contributed by atoms with Crippen molar-refractivity contribution in [3.05, 3.63) is 71.5 Å². The van der Waals surface area contributed by atoms with Gasteiger partial charge in [0.1, 0.15) is 18.2 Å². The molecule has 1 fully saturated rings. The fourth-order valence-electron chi connectivity index (χ4n) is 3.43. The Balaban J connectivity index is 1.31. The Labute approximate surface area is 163 Å². The van der Waals surface area contributed by atoms with Gasteiger partial charge in [0.15, 0.2) is 0 Å². The van der Waals surface area contributed by atoms with Gasteiger partial charge in [0.2, 0.25) is 0 Å². The first-order valence-corrected chi connectivity index (χ1v) is 9.50. The number of carbonyl (C=O) groups excluding carboxylic acids is 1. The van der Waals surface area contributed by atoms with Gasteiger partial charge in [-0.2, -0.15) is 0 Å². The van der Waals surface area contributed by atoms with Gasteiger partial charge in [0, 0.05) is 31.5 Å². The predicted molar refractivity (Wildman–Crippen MR) is 104 cm³/mol. The number of amides is 1. The number of tetrazole rings is 1. The second-order valence-electron chi connectivity index (χ2n) is 7.13. The van der Waals surface area contributed by atoms with Gasteiger partial charge in [-0.3, -0.25) is 4.79 Å². The number of hydrogen-bond donors (Lipinski definition) is 0. The van der Waals surface area contributed by atoms with Crippen molar-refractivity contribution >= 4 is 5.91 Å². The van der Waals surface area contributed by atoms with E-state index in [2.05, 4.69) is 34.6 Å². The minimum atomic E-state index is 0.0722. The van der Waals surface area contributed by atoms with E-state index in [4.69, 9.17) is 4.74 Å². The van der Waals surface area contributed by atoms with Crippen LogP contribution in [0.3, 0.4) is 0 Å². The number of benzene rings is 2. The van der Waals surface area contributed by atoms with E-state index in [1.54, 1.807) is 11.0 Å². The van der Waals surface area contributed by atoms with E-state index in [0.717, 1.165) is 24.2 Å². The smallest absolute Gasteiger partial charge is 0.253 e. The highest BCUT2D eigenvalue weighted by Gasteiger charge is 2.24. The van der Waals surface area contributed by atoms with Crippen molar-refractivity contribution in [1.29, 1.82) is 0 Å². The van der Waals surface area contributed by atoms with Crippen molar-refractivity contribution in [1.82, 2.24) is 25.1 Å². The molecule has 1 saturated heterocycles. The van der Waals surface area contributed by atoms with Crippen LogP contribution in [0.2, 0.25) is 0 Å². The summed E-state index contributed by atoms with van der Waals surface area (Å²) in [6.07, 6.45) is 3.42. The topological polar surface area (TPSA) is 73.1 Å². The van der Waals surface area contributed by atoms with Gasteiger partial charge < -0.3 is 9.64 Å². The number of piperidine rings is 1. The summed E-state index contributed by atoms with van der Waals surface area (Å²) in [5, 5.41) is 11.1. The van der Waals surface area contributed by atoms with Gasteiger partial charge in [0.05, 0.1) is 6.54 Å². The number of ether oxygens (including phenoxy) is 1. The van der Waals surface area contributed by atoms with E-state index in [9.17, 15) is 4.79 Å². The zero-order chi connectivity index (χ0) is 19.3. The summed E-state index contributed by atoms with van der Waals surface area (Å²) in [6, 6.07) is 15.7. The first-order chi connectivity index (χ1) is 13.7. The van der Waals surface area contributed by atoms with Gasteiger partial charge in [-0.1, -0.05) is 24.3 Å². The monoisotopic (exact) mass is 377 g/mol. The molecule has 0 atom stereocenters. The molecule has 0 saturated carbocycles. The molecule has 2 heterocycles. The van der Waals surface area contributed by atoms with Crippen LogP contribution in [-0.2, 0) is 6.54 Å². The molecule has 1 aliphatic heterocycles. The highest BCUT2D eigenvalue weighted by Crippen LogP contribution is 2.21. The molecule has 0 aliphatic carbocycles. The van der Waals surface area contributed by atoms with Crippen LogP contribution >= 0.6 is 0 Å². The Hall–Kier alpha value is -3.22. The van der Waals surface area contributed by atoms with Gasteiger partial charge in [-0.25, -0.2) is 4.68 Å². The summed E-state index contributed by atoms with van der Waals surface area (Å²) in [5.41, 5.74) is 2.95. The maximum atomic E-state index is 12.8. The average molecular weight is 377 g/mol. The molecule has 4 rings (SSSR count). The van der Waals surface area contributed by atoms with Gasteiger partial charge in [-0.15, -0.1) is 5.10 Å². The Kier molecular flexibility index (Phi) is 5.32. The van der Waals surface area contributed by atoms with Crippen LogP contribution < -0.4 is 4.74 Å². The summed E-state index contributed by atoms with van der Waals surface area (Å²) in [6.45, 7) is 4.06. The lowest BCUT2D eigenvalue weighted by molar-refractivity contribution is 0.0595. The van der Waals surface area contributed by atoms with Crippen molar-refractivity contribution < 1.29 is 9.53 Å². The van der Waals surface area contributed by atoms with Crippen molar-refractivity contribution in [3.63, 3.8) is 0 Å². The van der Waals surface area contributed by atoms with Gasteiger partial charge >= 0.3 is 0 Å². The molecule has 0 unspecified atom stereocenters. The molecular formula is C21H23N5O2. The maximum Gasteiger partial charge on any atom is 0.253 e. The van der Waals surface area contributed by atoms with Crippen LogP contribution in [0.4, 0.5) is 0 Å². The second kappa shape index (κ2) is 8.21. The molecule has 0 spiro atoms.